The minimum Gasteiger partial charge on any atom is -0.348 e. The molecule has 0 aliphatic heterocycles. The van der Waals surface area contributed by atoms with Crippen LogP contribution in [0.3, 0.4) is 0 Å². The molecule has 1 atom stereocenters. The van der Waals surface area contributed by atoms with E-state index in [1.54, 1.807) is 19.2 Å². The highest BCUT2D eigenvalue weighted by atomic mass is 16.1. The molecule has 0 spiro atoms. The van der Waals surface area contributed by atoms with Crippen molar-refractivity contribution in [1.29, 1.82) is 0 Å². The van der Waals surface area contributed by atoms with Gasteiger partial charge in [-0.05, 0) is 26.0 Å². The van der Waals surface area contributed by atoms with Gasteiger partial charge in [0.05, 0.1) is 6.04 Å². The number of amides is 1. The molecule has 0 aliphatic carbocycles. The first-order valence-corrected chi connectivity index (χ1v) is 6.14. The molecule has 0 aliphatic rings. The van der Waals surface area contributed by atoms with Crippen LogP contribution >= 0.6 is 0 Å². The van der Waals surface area contributed by atoms with Gasteiger partial charge in [-0.3, -0.25) is 14.6 Å². The summed E-state index contributed by atoms with van der Waals surface area (Å²) in [5.74, 6) is 0.117. The normalized spacial score (nSPS) is 11.9. The SMILES string of the molecule is CC(=O)NC(C)c1nnc(-c2ccc(C)nc2)[nH]c1=O. The highest BCUT2D eigenvalue weighted by Gasteiger charge is 2.14. The number of hydrogen-bond acceptors (Lipinski definition) is 5. The molecule has 2 rings (SSSR count). The molecule has 20 heavy (non-hydrogen) atoms. The Morgan fingerprint density at radius 2 is 2.10 bits per heavy atom. The summed E-state index contributed by atoms with van der Waals surface area (Å²) >= 11 is 0. The highest BCUT2D eigenvalue weighted by molar-refractivity contribution is 5.73. The Morgan fingerprint density at radius 1 is 1.35 bits per heavy atom. The van der Waals surface area contributed by atoms with Gasteiger partial charge in [0.25, 0.3) is 5.56 Å². The van der Waals surface area contributed by atoms with E-state index in [9.17, 15) is 9.59 Å². The van der Waals surface area contributed by atoms with Crippen LogP contribution in [0.15, 0.2) is 23.1 Å². The van der Waals surface area contributed by atoms with Crippen LogP contribution in [0.25, 0.3) is 11.4 Å². The monoisotopic (exact) mass is 273 g/mol. The Hall–Kier alpha value is -2.57. The predicted molar refractivity (Wildman–Crippen MR) is 72.9 cm³/mol. The minimum absolute atomic E-state index is 0.170. The van der Waals surface area contributed by atoms with E-state index in [0.29, 0.717) is 11.4 Å². The molecule has 0 radical (unpaired) electrons. The molecule has 2 aromatic heterocycles. The maximum Gasteiger partial charge on any atom is 0.275 e. The van der Waals surface area contributed by atoms with E-state index in [2.05, 4.69) is 25.5 Å². The van der Waals surface area contributed by atoms with Crippen LogP contribution in [0, 0.1) is 6.92 Å². The Morgan fingerprint density at radius 3 is 2.65 bits per heavy atom. The third-order valence-corrected chi connectivity index (χ3v) is 2.74. The van der Waals surface area contributed by atoms with Crippen LogP contribution in [0.5, 0.6) is 0 Å². The zero-order chi connectivity index (χ0) is 14.7. The third kappa shape index (κ3) is 3.05. The molecule has 2 aromatic rings. The lowest BCUT2D eigenvalue weighted by molar-refractivity contribution is -0.119. The smallest absolute Gasteiger partial charge is 0.275 e. The number of rotatable bonds is 3. The number of carbonyl (C=O) groups excluding carboxylic acids is 1. The van der Waals surface area contributed by atoms with Crippen LogP contribution in [0.4, 0.5) is 0 Å². The number of hydrogen-bond donors (Lipinski definition) is 2. The van der Waals surface area contributed by atoms with Gasteiger partial charge in [-0.15, -0.1) is 10.2 Å². The lowest BCUT2D eigenvalue weighted by Gasteiger charge is -2.10. The second-order valence-electron chi connectivity index (χ2n) is 4.50. The summed E-state index contributed by atoms with van der Waals surface area (Å²) in [6.45, 7) is 4.93. The van der Waals surface area contributed by atoms with Crippen molar-refractivity contribution in [3.63, 3.8) is 0 Å². The molecule has 1 unspecified atom stereocenters. The number of pyridine rings is 1. The van der Waals surface area contributed by atoms with Crippen molar-refractivity contribution < 1.29 is 4.79 Å². The molecular weight excluding hydrogens is 258 g/mol. The van der Waals surface area contributed by atoms with Crippen molar-refractivity contribution in [3.8, 4) is 11.4 Å². The number of aromatic amines is 1. The Labute approximate surface area is 115 Å². The molecule has 2 heterocycles. The number of carbonyl (C=O) groups is 1. The zero-order valence-corrected chi connectivity index (χ0v) is 11.5. The summed E-state index contributed by atoms with van der Waals surface area (Å²) in [4.78, 5) is 29.7. The van der Waals surface area contributed by atoms with Gasteiger partial charge in [-0.2, -0.15) is 0 Å². The van der Waals surface area contributed by atoms with Gasteiger partial charge in [0.1, 0.15) is 0 Å². The molecule has 7 nitrogen and oxygen atoms in total. The number of nitrogens with zero attached hydrogens (tertiary/aromatic N) is 3. The average molecular weight is 273 g/mol. The molecule has 0 aromatic carbocycles. The Bertz CT molecular complexity index is 678. The van der Waals surface area contributed by atoms with E-state index < -0.39 is 6.04 Å². The van der Waals surface area contributed by atoms with Crippen LogP contribution in [-0.2, 0) is 4.79 Å². The van der Waals surface area contributed by atoms with Gasteiger partial charge >= 0.3 is 0 Å². The minimum atomic E-state index is -0.492. The predicted octanol–water partition coefficient (Wildman–Crippen LogP) is 0.732. The molecule has 7 heteroatoms. The van der Waals surface area contributed by atoms with Crippen LogP contribution in [-0.4, -0.2) is 26.1 Å². The highest BCUT2D eigenvalue weighted by Crippen LogP contribution is 2.12. The average Bonchev–Trinajstić information content (AvgIpc) is 2.38. The molecule has 1 amide bonds. The lowest BCUT2D eigenvalue weighted by Crippen LogP contribution is -2.30. The van der Waals surface area contributed by atoms with Crippen LogP contribution in [0.1, 0.15) is 31.3 Å². The van der Waals surface area contributed by atoms with Crippen molar-refractivity contribution in [2.24, 2.45) is 0 Å². The first-order chi connectivity index (χ1) is 9.47. The van der Waals surface area contributed by atoms with Crippen molar-refractivity contribution in [3.05, 3.63) is 40.1 Å². The van der Waals surface area contributed by atoms with Crippen LogP contribution in [0.2, 0.25) is 0 Å². The summed E-state index contributed by atoms with van der Waals surface area (Å²) in [7, 11) is 0. The van der Waals surface area contributed by atoms with Crippen molar-refractivity contribution in [2.45, 2.75) is 26.8 Å². The molecule has 0 bridgehead atoms. The van der Waals surface area contributed by atoms with E-state index in [1.807, 2.05) is 13.0 Å². The first-order valence-electron chi connectivity index (χ1n) is 6.14. The van der Waals surface area contributed by atoms with E-state index in [1.165, 1.54) is 6.92 Å². The summed E-state index contributed by atoms with van der Waals surface area (Å²) in [5.41, 5.74) is 1.35. The summed E-state index contributed by atoms with van der Waals surface area (Å²) < 4.78 is 0. The van der Waals surface area contributed by atoms with Crippen molar-refractivity contribution in [1.82, 2.24) is 25.5 Å². The Balaban J connectivity index is 2.32. The van der Waals surface area contributed by atoms with Gasteiger partial charge in [0.15, 0.2) is 11.5 Å². The fourth-order valence-electron chi connectivity index (χ4n) is 1.74. The van der Waals surface area contributed by atoms with Gasteiger partial charge in [-0.1, -0.05) is 0 Å². The molecule has 0 saturated heterocycles. The largest absolute Gasteiger partial charge is 0.348 e. The van der Waals surface area contributed by atoms with Gasteiger partial charge in [0, 0.05) is 24.4 Å². The van der Waals surface area contributed by atoms with Crippen molar-refractivity contribution in [2.75, 3.05) is 0 Å². The van der Waals surface area contributed by atoms with E-state index in [4.69, 9.17) is 0 Å². The summed E-state index contributed by atoms with van der Waals surface area (Å²) in [5, 5.41) is 10.5. The number of H-pyrrole nitrogens is 1. The number of aryl methyl sites for hydroxylation is 1. The third-order valence-electron chi connectivity index (χ3n) is 2.74. The molecule has 2 N–H and O–H groups in total. The topological polar surface area (TPSA) is 101 Å². The molecule has 0 saturated carbocycles. The fourth-order valence-corrected chi connectivity index (χ4v) is 1.74. The molecular formula is C13H15N5O2. The van der Waals surface area contributed by atoms with Gasteiger partial charge < -0.3 is 10.3 Å². The van der Waals surface area contributed by atoms with Gasteiger partial charge in [-0.25, -0.2) is 0 Å². The first kappa shape index (κ1) is 13.9. The van der Waals surface area contributed by atoms with Crippen molar-refractivity contribution >= 4 is 5.91 Å². The quantitative estimate of drug-likeness (QED) is 0.858. The van der Waals surface area contributed by atoms with E-state index >= 15 is 0 Å². The van der Waals surface area contributed by atoms with Gasteiger partial charge in [0.2, 0.25) is 5.91 Å². The van der Waals surface area contributed by atoms with E-state index in [0.717, 1.165) is 5.69 Å². The summed E-state index contributed by atoms with van der Waals surface area (Å²) in [6, 6.07) is 3.14. The number of aromatic nitrogens is 4. The Kier molecular flexibility index (Phi) is 3.88. The van der Waals surface area contributed by atoms with Crippen LogP contribution < -0.4 is 10.9 Å². The molecule has 0 fully saturated rings. The standard InChI is InChI=1S/C13H15N5O2/c1-7-4-5-10(6-14-7)12-16-13(20)11(17-18-12)8(2)15-9(3)19/h4-6,8H,1-3H3,(H,15,19)(H,16,18,20). The lowest BCUT2D eigenvalue weighted by atomic mass is 10.2. The second kappa shape index (κ2) is 5.60. The maximum absolute atomic E-state index is 12.0. The second-order valence-corrected chi connectivity index (χ2v) is 4.50. The fraction of sp³-hybridized carbons (Fsp3) is 0.308. The summed E-state index contributed by atoms with van der Waals surface area (Å²) in [6.07, 6.45) is 1.62. The number of nitrogens with one attached hydrogen (secondary N) is 2. The maximum atomic E-state index is 12.0. The zero-order valence-electron chi connectivity index (χ0n) is 11.5. The van der Waals surface area contributed by atoms with E-state index in [-0.39, 0.29) is 17.2 Å². The molecule has 104 valence electrons.